The molecule has 0 radical (unpaired) electrons. The van der Waals surface area contributed by atoms with Crippen LogP contribution >= 0.6 is 0 Å². The second-order valence-electron chi connectivity index (χ2n) is 4.44. The van der Waals surface area contributed by atoms with Gasteiger partial charge < -0.3 is 14.2 Å². The molecule has 1 aromatic carbocycles. The fourth-order valence-corrected chi connectivity index (χ4v) is 1.60. The molecule has 0 fully saturated rings. The summed E-state index contributed by atoms with van der Waals surface area (Å²) >= 11 is 0. The Labute approximate surface area is 114 Å². The molecule has 0 bridgehead atoms. The summed E-state index contributed by atoms with van der Waals surface area (Å²) < 4.78 is 15.8. The van der Waals surface area contributed by atoms with Crippen LogP contribution in [0.2, 0.25) is 0 Å². The van der Waals surface area contributed by atoms with Gasteiger partial charge in [-0.15, -0.1) is 0 Å². The second-order valence-corrected chi connectivity index (χ2v) is 4.44. The van der Waals surface area contributed by atoms with Gasteiger partial charge >= 0.3 is 0 Å². The van der Waals surface area contributed by atoms with Gasteiger partial charge in [-0.1, -0.05) is 12.1 Å². The van der Waals surface area contributed by atoms with Crippen LogP contribution in [0.25, 0.3) is 0 Å². The van der Waals surface area contributed by atoms with Crippen LogP contribution in [-0.4, -0.2) is 38.8 Å². The van der Waals surface area contributed by atoms with Crippen molar-refractivity contribution in [3.05, 3.63) is 29.8 Å². The van der Waals surface area contributed by atoms with Crippen LogP contribution in [0.3, 0.4) is 0 Å². The largest absolute Gasteiger partial charge is 0.490 e. The number of para-hydroxylation sites is 1. The molecule has 4 heteroatoms. The van der Waals surface area contributed by atoms with Crippen LogP contribution < -0.4 is 4.74 Å². The number of carbonyl (C=O) groups is 1. The van der Waals surface area contributed by atoms with Crippen molar-refractivity contribution in [2.45, 2.75) is 26.4 Å². The monoisotopic (exact) mass is 266 g/mol. The topological polar surface area (TPSA) is 44.8 Å². The second kappa shape index (κ2) is 8.67. The Hall–Kier alpha value is -1.39. The Bertz CT molecular complexity index is 387. The highest BCUT2D eigenvalue weighted by Crippen LogP contribution is 2.20. The molecule has 0 heterocycles. The number of rotatable bonds is 9. The molecule has 19 heavy (non-hydrogen) atoms. The average Bonchev–Trinajstić information content (AvgIpc) is 2.38. The van der Waals surface area contributed by atoms with Crippen molar-refractivity contribution in [2.75, 3.05) is 26.9 Å². The van der Waals surface area contributed by atoms with E-state index in [-0.39, 0.29) is 11.9 Å². The van der Waals surface area contributed by atoms with Gasteiger partial charge in [-0.25, -0.2) is 0 Å². The number of carbonyl (C=O) groups excluding carboxylic acids is 1. The maximum atomic E-state index is 12.1. The number of ether oxygens (including phenoxy) is 3. The summed E-state index contributed by atoms with van der Waals surface area (Å²) in [4.78, 5) is 12.1. The van der Waals surface area contributed by atoms with E-state index in [1.54, 1.807) is 13.2 Å². The summed E-state index contributed by atoms with van der Waals surface area (Å²) in [6, 6.07) is 7.31. The first-order chi connectivity index (χ1) is 9.15. The zero-order valence-electron chi connectivity index (χ0n) is 11.8. The van der Waals surface area contributed by atoms with Crippen molar-refractivity contribution in [2.24, 2.45) is 0 Å². The number of ketones is 1. The molecule has 0 aliphatic rings. The lowest BCUT2D eigenvalue weighted by Crippen LogP contribution is -2.12. The zero-order chi connectivity index (χ0) is 14.1. The predicted molar refractivity (Wildman–Crippen MR) is 73.8 cm³/mol. The molecule has 0 spiro atoms. The van der Waals surface area contributed by atoms with E-state index in [1.165, 1.54) is 0 Å². The van der Waals surface area contributed by atoms with Gasteiger partial charge in [0.2, 0.25) is 0 Å². The SMILES string of the molecule is COCCOCCC(=O)c1ccccc1OC(C)C. The quantitative estimate of drug-likeness (QED) is 0.509. The van der Waals surface area contributed by atoms with Gasteiger partial charge in [0, 0.05) is 13.5 Å². The molecule has 0 N–H and O–H groups in total. The van der Waals surface area contributed by atoms with Crippen molar-refractivity contribution < 1.29 is 19.0 Å². The van der Waals surface area contributed by atoms with Crippen molar-refractivity contribution in [3.63, 3.8) is 0 Å². The number of methoxy groups -OCH3 is 1. The van der Waals surface area contributed by atoms with Gasteiger partial charge in [-0.05, 0) is 26.0 Å². The molecule has 0 atom stereocenters. The van der Waals surface area contributed by atoms with E-state index >= 15 is 0 Å². The molecule has 0 saturated carbocycles. The van der Waals surface area contributed by atoms with E-state index in [0.29, 0.717) is 37.6 Å². The van der Waals surface area contributed by atoms with E-state index in [2.05, 4.69) is 0 Å². The first-order valence-electron chi connectivity index (χ1n) is 6.50. The Kier molecular flexibility index (Phi) is 7.15. The molecule has 0 aromatic heterocycles. The summed E-state index contributed by atoms with van der Waals surface area (Å²) in [5.41, 5.74) is 0.617. The van der Waals surface area contributed by atoms with E-state index in [1.807, 2.05) is 32.0 Å². The van der Waals surface area contributed by atoms with E-state index in [4.69, 9.17) is 14.2 Å². The predicted octanol–water partition coefficient (Wildman–Crippen LogP) is 2.71. The van der Waals surface area contributed by atoms with E-state index in [9.17, 15) is 4.79 Å². The first kappa shape index (κ1) is 15.7. The minimum Gasteiger partial charge on any atom is -0.490 e. The van der Waals surface area contributed by atoms with Crippen LogP contribution in [0, 0.1) is 0 Å². The lowest BCUT2D eigenvalue weighted by atomic mass is 10.1. The summed E-state index contributed by atoms with van der Waals surface area (Å²) in [7, 11) is 1.62. The molecule has 0 unspecified atom stereocenters. The third kappa shape index (κ3) is 5.85. The smallest absolute Gasteiger partial charge is 0.168 e. The Morgan fingerprint density at radius 1 is 1.16 bits per heavy atom. The number of Topliss-reactive ketones (excluding diaryl/α,β-unsaturated/α-hetero) is 1. The standard InChI is InChI=1S/C15H22O4/c1-12(2)19-15-7-5-4-6-13(15)14(16)8-9-18-11-10-17-3/h4-7,12H,8-11H2,1-3H3. The highest BCUT2D eigenvalue weighted by atomic mass is 16.5. The Morgan fingerprint density at radius 2 is 1.89 bits per heavy atom. The summed E-state index contributed by atoms with van der Waals surface area (Å²) in [5, 5.41) is 0. The van der Waals surface area contributed by atoms with Crippen LogP contribution in [-0.2, 0) is 9.47 Å². The normalized spacial score (nSPS) is 10.7. The van der Waals surface area contributed by atoms with Crippen LogP contribution in [0.4, 0.5) is 0 Å². The van der Waals surface area contributed by atoms with Gasteiger partial charge in [0.05, 0.1) is 31.5 Å². The average molecular weight is 266 g/mol. The molecule has 0 amide bonds. The highest BCUT2D eigenvalue weighted by Gasteiger charge is 2.12. The number of hydrogen-bond donors (Lipinski definition) is 0. The lowest BCUT2D eigenvalue weighted by molar-refractivity contribution is 0.0639. The van der Waals surface area contributed by atoms with Gasteiger partial charge in [0.25, 0.3) is 0 Å². The van der Waals surface area contributed by atoms with Crippen molar-refractivity contribution in [3.8, 4) is 5.75 Å². The highest BCUT2D eigenvalue weighted by molar-refractivity contribution is 5.98. The van der Waals surface area contributed by atoms with Crippen molar-refractivity contribution in [1.82, 2.24) is 0 Å². The molecule has 4 nitrogen and oxygen atoms in total. The van der Waals surface area contributed by atoms with Gasteiger partial charge in [0.1, 0.15) is 5.75 Å². The number of hydrogen-bond acceptors (Lipinski definition) is 4. The molecular formula is C15H22O4. The van der Waals surface area contributed by atoms with Crippen molar-refractivity contribution in [1.29, 1.82) is 0 Å². The van der Waals surface area contributed by atoms with Crippen LogP contribution in [0.1, 0.15) is 30.6 Å². The summed E-state index contributed by atoms with van der Waals surface area (Å²) in [6.45, 7) is 5.33. The minimum atomic E-state index is 0.0358. The maximum absolute atomic E-state index is 12.1. The fourth-order valence-electron chi connectivity index (χ4n) is 1.60. The molecule has 0 aliphatic carbocycles. The first-order valence-corrected chi connectivity index (χ1v) is 6.50. The van der Waals surface area contributed by atoms with Gasteiger partial charge in [-0.3, -0.25) is 4.79 Å². The van der Waals surface area contributed by atoms with Crippen molar-refractivity contribution >= 4 is 5.78 Å². The Morgan fingerprint density at radius 3 is 2.58 bits per heavy atom. The van der Waals surface area contributed by atoms with Crippen LogP contribution in [0.15, 0.2) is 24.3 Å². The molecule has 1 aromatic rings. The third-order valence-electron chi connectivity index (χ3n) is 2.46. The van der Waals surface area contributed by atoms with Crippen LogP contribution in [0.5, 0.6) is 5.75 Å². The third-order valence-corrected chi connectivity index (χ3v) is 2.46. The minimum absolute atomic E-state index is 0.0358. The summed E-state index contributed by atoms with van der Waals surface area (Å²) in [6.07, 6.45) is 0.397. The Balaban J connectivity index is 2.51. The summed E-state index contributed by atoms with van der Waals surface area (Å²) in [5.74, 6) is 0.674. The van der Waals surface area contributed by atoms with Gasteiger partial charge in [0.15, 0.2) is 5.78 Å². The molecular weight excluding hydrogens is 244 g/mol. The zero-order valence-corrected chi connectivity index (χ0v) is 11.8. The fraction of sp³-hybridized carbons (Fsp3) is 0.533. The van der Waals surface area contributed by atoms with E-state index in [0.717, 1.165) is 0 Å². The number of benzene rings is 1. The molecule has 106 valence electrons. The van der Waals surface area contributed by atoms with E-state index < -0.39 is 0 Å². The molecule has 0 aliphatic heterocycles. The lowest BCUT2D eigenvalue weighted by Gasteiger charge is -2.13. The molecule has 1 rings (SSSR count). The maximum Gasteiger partial charge on any atom is 0.168 e. The van der Waals surface area contributed by atoms with Gasteiger partial charge in [-0.2, -0.15) is 0 Å². The molecule has 0 saturated heterocycles.